The van der Waals surface area contributed by atoms with E-state index >= 15 is 0 Å². The topological polar surface area (TPSA) is 52.9 Å². The van der Waals surface area contributed by atoms with Gasteiger partial charge >= 0.3 is 0 Å². The minimum atomic E-state index is -0.829. The number of hydrogen-bond donors (Lipinski definition) is 2. The second-order valence-electron chi connectivity index (χ2n) is 8.04. The van der Waals surface area contributed by atoms with Gasteiger partial charge in [-0.15, -0.1) is 6.58 Å². The zero-order valence-electron chi connectivity index (χ0n) is 14.2. The number of rotatable bonds is 2. The molecule has 1 aromatic rings. The second kappa shape index (κ2) is 4.63. The van der Waals surface area contributed by atoms with E-state index in [0.29, 0.717) is 12.8 Å². The molecule has 2 N–H and O–H groups in total. The first kappa shape index (κ1) is 14.9. The molecule has 0 aromatic heterocycles. The molecule has 4 aliphatic rings. The average Bonchev–Trinajstić information content (AvgIpc) is 2.91. The van der Waals surface area contributed by atoms with Crippen LogP contribution in [0.25, 0.3) is 0 Å². The van der Waals surface area contributed by atoms with Gasteiger partial charge in [0.25, 0.3) is 0 Å². The fraction of sp³-hybridized carbons (Fsp3) is 0.600. The Morgan fingerprint density at radius 1 is 1.42 bits per heavy atom. The SMILES string of the molecule is C=CCN1CC[C@@]23c4c5ccc(C)c4OC2[C@H](O)CC[C@]3(O)[C@@H]1C5. The minimum absolute atomic E-state index is 0.0732. The summed E-state index contributed by atoms with van der Waals surface area (Å²) in [7, 11) is 0. The maximum Gasteiger partial charge on any atom is 0.137 e. The Kier molecular flexibility index (Phi) is 2.88. The summed E-state index contributed by atoms with van der Waals surface area (Å²) in [5, 5.41) is 22.7. The van der Waals surface area contributed by atoms with E-state index < -0.39 is 17.1 Å². The van der Waals surface area contributed by atoms with E-state index in [2.05, 4.69) is 30.5 Å². The van der Waals surface area contributed by atoms with Crippen LogP contribution in [0.2, 0.25) is 0 Å². The number of ether oxygens (including phenoxy) is 1. The van der Waals surface area contributed by atoms with Gasteiger partial charge in [0.1, 0.15) is 11.9 Å². The van der Waals surface area contributed by atoms with Crippen molar-refractivity contribution in [3.05, 3.63) is 41.5 Å². The third kappa shape index (κ3) is 1.47. The third-order valence-electron chi connectivity index (χ3n) is 7.12. The van der Waals surface area contributed by atoms with Crippen LogP contribution in [0.15, 0.2) is 24.8 Å². The lowest BCUT2D eigenvalue weighted by Gasteiger charge is -2.63. The summed E-state index contributed by atoms with van der Waals surface area (Å²) in [6.07, 6.45) is 4.02. The van der Waals surface area contributed by atoms with Crippen molar-refractivity contribution in [2.45, 2.75) is 61.9 Å². The van der Waals surface area contributed by atoms with Gasteiger partial charge in [-0.05, 0) is 50.3 Å². The summed E-state index contributed by atoms with van der Waals surface area (Å²) in [5.41, 5.74) is 2.31. The number of aliphatic hydroxyl groups excluding tert-OH is 1. The summed E-state index contributed by atoms with van der Waals surface area (Å²) in [4.78, 5) is 2.37. The molecule has 5 atom stereocenters. The monoisotopic (exact) mass is 327 g/mol. The number of benzene rings is 1. The Morgan fingerprint density at radius 3 is 3.04 bits per heavy atom. The first-order valence-electron chi connectivity index (χ1n) is 9.08. The number of hydrogen-bond acceptors (Lipinski definition) is 4. The molecule has 2 heterocycles. The molecular weight excluding hydrogens is 302 g/mol. The fourth-order valence-corrected chi connectivity index (χ4v) is 6.14. The van der Waals surface area contributed by atoms with E-state index in [1.54, 1.807) is 0 Å². The number of piperidine rings is 1. The van der Waals surface area contributed by atoms with E-state index in [4.69, 9.17) is 4.74 Å². The van der Waals surface area contributed by atoms with Gasteiger partial charge in [0.05, 0.1) is 17.1 Å². The van der Waals surface area contributed by atoms with Crippen molar-refractivity contribution in [3.8, 4) is 5.75 Å². The summed E-state index contributed by atoms with van der Waals surface area (Å²) < 4.78 is 6.33. The molecular formula is C20H25NO3. The van der Waals surface area contributed by atoms with Crippen LogP contribution in [0.4, 0.5) is 0 Å². The van der Waals surface area contributed by atoms with E-state index in [1.165, 1.54) is 11.1 Å². The van der Waals surface area contributed by atoms with Crippen LogP contribution in [0.5, 0.6) is 5.75 Å². The van der Waals surface area contributed by atoms with Gasteiger partial charge in [0, 0.05) is 18.2 Å². The van der Waals surface area contributed by atoms with E-state index in [9.17, 15) is 10.2 Å². The number of nitrogens with zero attached hydrogens (tertiary/aromatic N) is 1. The van der Waals surface area contributed by atoms with Gasteiger partial charge in [0.15, 0.2) is 0 Å². The number of aliphatic hydroxyl groups is 2. The van der Waals surface area contributed by atoms with Crippen molar-refractivity contribution in [1.82, 2.24) is 4.90 Å². The van der Waals surface area contributed by atoms with Crippen LogP contribution >= 0.6 is 0 Å². The van der Waals surface area contributed by atoms with Crippen molar-refractivity contribution >= 4 is 0 Å². The van der Waals surface area contributed by atoms with Crippen molar-refractivity contribution < 1.29 is 14.9 Å². The molecule has 128 valence electrons. The lowest BCUT2D eigenvalue weighted by Crippen LogP contribution is -2.77. The van der Waals surface area contributed by atoms with Gasteiger partial charge in [-0.2, -0.15) is 0 Å². The van der Waals surface area contributed by atoms with Crippen LogP contribution in [0, 0.1) is 6.92 Å². The lowest BCUT2D eigenvalue weighted by atomic mass is 9.48. The van der Waals surface area contributed by atoms with Gasteiger partial charge in [-0.3, -0.25) is 4.90 Å². The highest BCUT2D eigenvalue weighted by Gasteiger charge is 2.72. The molecule has 4 nitrogen and oxygen atoms in total. The maximum atomic E-state index is 12.0. The van der Waals surface area contributed by atoms with Crippen LogP contribution in [0.3, 0.4) is 0 Å². The summed E-state index contributed by atoms with van der Waals surface area (Å²) >= 11 is 0. The number of aryl methyl sites for hydroxylation is 1. The number of likely N-dealkylation sites (tertiary alicyclic amines) is 1. The van der Waals surface area contributed by atoms with Crippen LogP contribution < -0.4 is 4.74 Å². The lowest BCUT2D eigenvalue weighted by molar-refractivity contribution is -0.206. The molecule has 0 amide bonds. The normalized spacial score (nSPS) is 42.4. The van der Waals surface area contributed by atoms with Crippen molar-refractivity contribution in [2.75, 3.05) is 13.1 Å². The van der Waals surface area contributed by atoms with Crippen molar-refractivity contribution in [1.29, 1.82) is 0 Å². The molecule has 5 rings (SSSR count). The molecule has 1 saturated heterocycles. The molecule has 4 heteroatoms. The molecule has 2 fully saturated rings. The Hall–Kier alpha value is -1.36. The van der Waals surface area contributed by atoms with Crippen LogP contribution in [0.1, 0.15) is 36.0 Å². The Labute approximate surface area is 142 Å². The van der Waals surface area contributed by atoms with Crippen molar-refractivity contribution in [3.63, 3.8) is 0 Å². The van der Waals surface area contributed by atoms with Gasteiger partial charge in [-0.1, -0.05) is 18.2 Å². The predicted octanol–water partition coefficient (Wildman–Crippen LogP) is 1.70. The smallest absolute Gasteiger partial charge is 0.137 e. The summed E-state index contributed by atoms with van der Waals surface area (Å²) in [6.45, 7) is 7.67. The second-order valence-corrected chi connectivity index (χ2v) is 8.04. The van der Waals surface area contributed by atoms with Crippen LogP contribution in [-0.2, 0) is 11.8 Å². The molecule has 1 unspecified atom stereocenters. The standard InChI is InChI=1S/C20H25NO3/c1-3-9-21-10-8-19-16-13-5-4-12(2)17(16)24-18(19)14(22)6-7-20(19,23)15(21)11-13/h3-5,14-15,18,22-23H,1,6-11H2,2H3/t14-,15+,18?,19-,20+/m1/s1. The Bertz CT molecular complexity index is 732. The summed E-state index contributed by atoms with van der Waals surface area (Å²) in [5.74, 6) is 0.924. The molecule has 2 bridgehead atoms. The Balaban J connectivity index is 1.78. The highest BCUT2D eigenvalue weighted by atomic mass is 16.5. The zero-order chi connectivity index (χ0) is 16.7. The largest absolute Gasteiger partial charge is 0.486 e. The van der Waals surface area contributed by atoms with Gasteiger partial charge < -0.3 is 14.9 Å². The van der Waals surface area contributed by atoms with E-state index in [1.807, 2.05) is 6.08 Å². The predicted molar refractivity (Wildman–Crippen MR) is 91.3 cm³/mol. The maximum absolute atomic E-state index is 12.0. The third-order valence-corrected chi connectivity index (χ3v) is 7.12. The molecule has 1 spiro atoms. The quantitative estimate of drug-likeness (QED) is 0.812. The molecule has 24 heavy (non-hydrogen) atoms. The molecule has 0 radical (unpaired) electrons. The molecule has 1 aromatic carbocycles. The summed E-state index contributed by atoms with van der Waals surface area (Å²) in [6, 6.07) is 4.39. The minimum Gasteiger partial charge on any atom is -0.486 e. The molecule has 1 saturated carbocycles. The first-order valence-corrected chi connectivity index (χ1v) is 9.08. The van der Waals surface area contributed by atoms with Gasteiger partial charge in [-0.25, -0.2) is 0 Å². The average molecular weight is 327 g/mol. The first-order chi connectivity index (χ1) is 11.5. The van der Waals surface area contributed by atoms with Gasteiger partial charge in [0.2, 0.25) is 0 Å². The highest BCUT2D eigenvalue weighted by Crippen LogP contribution is 2.64. The van der Waals surface area contributed by atoms with Crippen molar-refractivity contribution in [2.24, 2.45) is 0 Å². The van der Waals surface area contributed by atoms with E-state index in [0.717, 1.165) is 37.2 Å². The highest BCUT2D eigenvalue weighted by molar-refractivity contribution is 5.60. The van der Waals surface area contributed by atoms with E-state index in [-0.39, 0.29) is 12.1 Å². The van der Waals surface area contributed by atoms with Crippen LogP contribution in [-0.4, -0.2) is 52.1 Å². The fourth-order valence-electron chi connectivity index (χ4n) is 6.14. The Morgan fingerprint density at radius 2 is 2.25 bits per heavy atom. The molecule has 2 aliphatic carbocycles. The zero-order valence-corrected chi connectivity index (χ0v) is 14.2. The molecule has 2 aliphatic heterocycles.